The monoisotopic (exact) mass is 393 g/mol. The molecule has 0 bridgehead atoms. The van der Waals surface area contributed by atoms with Crippen molar-refractivity contribution in [3.63, 3.8) is 0 Å². The van der Waals surface area contributed by atoms with Crippen LogP contribution in [0.4, 0.5) is 19.0 Å². The molecule has 3 nitrogen and oxygen atoms in total. The summed E-state index contributed by atoms with van der Waals surface area (Å²) in [4.78, 5) is 11.1. The Bertz CT molecular complexity index is 1140. The van der Waals surface area contributed by atoms with Gasteiger partial charge in [-0.25, -0.2) is 9.97 Å². The highest BCUT2D eigenvalue weighted by atomic mass is 19.4. The van der Waals surface area contributed by atoms with Crippen LogP contribution in [-0.2, 0) is 12.7 Å². The Balaban J connectivity index is 1.81. The van der Waals surface area contributed by atoms with Gasteiger partial charge in [-0.1, -0.05) is 54.6 Å². The smallest absolute Gasteiger partial charge is 0.355 e. The first-order chi connectivity index (χ1) is 13.9. The lowest BCUT2D eigenvalue weighted by Crippen LogP contribution is -2.18. The molecule has 3 aromatic carbocycles. The maximum atomic E-state index is 13.1. The van der Waals surface area contributed by atoms with E-state index in [1.165, 1.54) is 6.07 Å². The second-order valence-electron chi connectivity index (χ2n) is 6.81. The van der Waals surface area contributed by atoms with Gasteiger partial charge in [0.2, 0.25) is 0 Å². The number of nitrogens with zero attached hydrogens (tertiary/aromatic N) is 3. The van der Waals surface area contributed by atoms with Crippen molar-refractivity contribution >= 4 is 16.7 Å². The van der Waals surface area contributed by atoms with Crippen LogP contribution in [0.2, 0.25) is 0 Å². The van der Waals surface area contributed by atoms with Crippen LogP contribution in [0.1, 0.15) is 11.1 Å². The van der Waals surface area contributed by atoms with Crippen LogP contribution in [-0.4, -0.2) is 17.0 Å². The quantitative estimate of drug-likeness (QED) is 0.429. The number of benzene rings is 3. The van der Waals surface area contributed by atoms with E-state index >= 15 is 0 Å². The molecule has 0 fully saturated rings. The molecule has 146 valence electrons. The van der Waals surface area contributed by atoms with Gasteiger partial charge in [0.05, 0.1) is 11.1 Å². The van der Waals surface area contributed by atoms with Gasteiger partial charge in [0.15, 0.2) is 5.82 Å². The van der Waals surface area contributed by atoms with Gasteiger partial charge in [0, 0.05) is 24.5 Å². The first-order valence-corrected chi connectivity index (χ1v) is 9.11. The maximum absolute atomic E-state index is 13.1. The molecule has 0 saturated carbocycles. The summed E-state index contributed by atoms with van der Waals surface area (Å²) < 4.78 is 39.4. The molecule has 4 rings (SSSR count). The molecule has 0 radical (unpaired) electrons. The number of anilines is 1. The number of para-hydroxylation sites is 1. The number of fused-ring (bicyclic) bond motifs is 1. The van der Waals surface area contributed by atoms with Crippen molar-refractivity contribution in [3.05, 3.63) is 90.0 Å². The van der Waals surface area contributed by atoms with Gasteiger partial charge in [0.25, 0.3) is 0 Å². The number of aromatic nitrogens is 2. The van der Waals surface area contributed by atoms with E-state index < -0.39 is 11.7 Å². The number of hydrogen-bond donors (Lipinski definition) is 0. The van der Waals surface area contributed by atoms with E-state index in [1.54, 1.807) is 6.07 Å². The predicted molar refractivity (Wildman–Crippen MR) is 109 cm³/mol. The standard InChI is InChI=1S/C23H18F3N3/c1-29(15-16-8-3-2-4-9-16)22-19-12-5-6-13-20(19)27-21(28-22)17-10-7-11-18(14-17)23(24,25)26/h2-14H,15H2,1H3. The Morgan fingerprint density at radius 3 is 2.31 bits per heavy atom. The lowest BCUT2D eigenvalue weighted by atomic mass is 10.1. The summed E-state index contributed by atoms with van der Waals surface area (Å²) in [6.07, 6.45) is -4.42. The summed E-state index contributed by atoms with van der Waals surface area (Å²) in [5.41, 5.74) is 1.41. The molecule has 4 aromatic rings. The van der Waals surface area contributed by atoms with E-state index in [-0.39, 0.29) is 5.82 Å². The number of halogens is 3. The van der Waals surface area contributed by atoms with Crippen molar-refractivity contribution in [2.45, 2.75) is 12.7 Å². The molecule has 0 N–H and O–H groups in total. The van der Waals surface area contributed by atoms with Crippen molar-refractivity contribution in [1.82, 2.24) is 9.97 Å². The van der Waals surface area contributed by atoms with Crippen molar-refractivity contribution in [2.24, 2.45) is 0 Å². The van der Waals surface area contributed by atoms with Crippen LogP contribution in [0.3, 0.4) is 0 Å². The average Bonchev–Trinajstić information content (AvgIpc) is 2.73. The second kappa shape index (κ2) is 7.54. The Kier molecular flexibility index (Phi) is 4.92. The molecule has 0 aliphatic heterocycles. The molecular weight excluding hydrogens is 375 g/mol. The lowest BCUT2D eigenvalue weighted by Gasteiger charge is -2.21. The molecular formula is C23H18F3N3. The van der Waals surface area contributed by atoms with Crippen molar-refractivity contribution < 1.29 is 13.2 Å². The number of hydrogen-bond acceptors (Lipinski definition) is 3. The van der Waals surface area contributed by atoms with Crippen LogP contribution < -0.4 is 4.90 Å². The third-order valence-electron chi connectivity index (χ3n) is 4.66. The van der Waals surface area contributed by atoms with Gasteiger partial charge in [-0.15, -0.1) is 0 Å². The zero-order chi connectivity index (χ0) is 20.4. The van der Waals surface area contributed by atoms with Crippen LogP contribution in [0, 0.1) is 0 Å². The van der Waals surface area contributed by atoms with E-state index in [2.05, 4.69) is 9.97 Å². The SMILES string of the molecule is CN(Cc1ccccc1)c1nc(-c2cccc(C(F)(F)F)c2)nc2ccccc12. The Morgan fingerprint density at radius 1 is 0.828 bits per heavy atom. The molecule has 1 aromatic heterocycles. The summed E-state index contributed by atoms with van der Waals surface area (Å²) >= 11 is 0. The molecule has 0 amide bonds. The van der Waals surface area contributed by atoms with Gasteiger partial charge >= 0.3 is 6.18 Å². The number of rotatable bonds is 4. The zero-order valence-corrected chi connectivity index (χ0v) is 15.7. The van der Waals surface area contributed by atoms with E-state index in [0.717, 1.165) is 23.1 Å². The second-order valence-corrected chi connectivity index (χ2v) is 6.81. The maximum Gasteiger partial charge on any atom is 0.416 e. The van der Waals surface area contributed by atoms with E-state index in [0.29, 0.717) is 23.4 Å². The normalized spacial score (nSPS) is 11.6. The van der Waals surface area contributed by atoms with Gasteiger partial charge in [0.1, 0.15) is 5.82 Å². The molecule has 0 saturated heterocycles. The molecule has 6 heteroatoms. The third kappa shape index (κ3) is 4.06. The van der Waals surface area contributed by atoms with Crippen LogP contribution in [0.25, 0.3) is 22.3 Å². The molecule has 0 aliphatic rings. The molecule has 0 aliphatic carbocycles. The summed E-state index contributed by atoms with van der Waals surface area (Å²) in [6.45, 7) is 0.615. The minimum Gasteiger partial charge on any atom is -0.355 e. The Hall–Kier alpha value is -3.41. The predicted octanol–water partition coefficient (Wildman–Crippen LogP) is 5.95. The van der Waals surface area contributed by atoms with Gasteiger partial charge < -0.3 is 4.90 Å². The zero-order valence-electron chi connectivity index (χ0n) is 15.7. The van der Waals surface area contributed by atoms with Crippen molar-refractivity contribution in [2.75, 3.05) is 11.9 Å². The molecule has 29 heavy (non-hydrogen) atoms. The van der Waals surface area contributed by atoms with E-state index in [1.807, 2.05) is 66.5 Å². The summed E-state index contributed by atoms with van der Waals surface area (Å²) in [7, 11) is 1.91. The van der Waals surface area contributed by atoms with Gasteiger partial charge in [-0.05, 0) is 29.8 Å². The van der Waals surface area contributed by atoms with E-state index in [9.17, 15) is 13.2 Å². The molecule has 1 heterocycles. The highest BCUT2D eigenvalue weighted by molar-refractivity contribution is 5.91. The summed E-state index contributed by atoms with van der Waals surface area (Å²) in [5, 5.41) is 0.849. The van der Waals surface area contributed by atoms with Crippen molar-refractivity contribution in [3.8, 4) is 11.4 Å². The Morgan fingerprint density at radius 2 is 1.55 bits per heavy atom. The van der Waals surface area contributed by atoms with Crippen molar-refractivity contribution in [1.29, 1.82) is 0 Å². The lowest BCUT2D eigenvalue weighted by molar-refractivity contribution is -0.137. The minimum absolute atomic E-state index is 0.268. The summed E-state index contributed by atoms with van der Waals surface area (Å²) in [5.74, 6) is 0.941. The fraction of sp³-hybridized carbons (Fsp3) is 0.130. The molecule has 0 unspecified atom stereocenters. The average molecular weight is 393 g/mol. The highest BCUT2D eigenvalue weighted by Gasteiger charge is 2.30. The number of alkyl halides is 3. The largest absolute Gasteiger partial charge is 0.416 e. The van der Waals surface area contributed by atoms with E-state index in [4.69, 9.17) is 0 Å². The van der Waals surface area contributed by atoms with Crippen LogP contribution in [0.15, 0.2) is 78.9 Å². The summed E-state index contributed by atoms with van der Waals surface area (Å²) in [6, 6.07) is 22.6. The van der Waals surface area contributed by atoms with Crippen LogP contribution in [0.5, 0.6) is 0 Å². The third-order valence-corrected chi connectivity index (χ3v) is 4.66. The first-order valence-electron chi connectivity index (χ1n) is 9.11. The molecule has 0 atom stereocenters. The first kappa shape index (κ1) is 18.9. The van der Waals surface area contributed by atoms with Gasteiger partial charge in [-0.2, -0.15) is 13.2 Å². The van der Waals surface area contributed by atoms with Crippen LogP contribution >= 0.6 is 0 Å². The minimum atomic E-state index is -4.42. The fourth-order valence-electron chi connectivity index (χ4n) is 3.25. The fourth-order valence-corrected chi connectivity index (χ4v) is 3.25. The van der Waals surface area contributed by atoms with Gasteiger partial charge in [-0.3, -0.25) is 0 Å². The Labute approximate surface area is 166 Å². The molecule has 0 spiro atoms. The topological polar surface area (TPSA) is 29.0 Å². The highest BCUT2D eigenvalue weighted by Crippen LogP contribution is 2.33.